The van der Waals surface area contributed by atoms with E-state index in [1.165, 1.54) is 0 Å². The average molecular weight is 261 g/mol. The van der Waals surface area contributed by atoms with Gasteiger partial charge in [0.05, 0.1) is 16.3 Å². The number of carbonyl (C=O) groups is 1. The molecule has 0 spiro atoms. The van der Waals surface area contributed by atoms with Crippen molar-refractivity contribution in [3.8, 4) is 0 Å². The summed E-state index contributed by atoms with van der Waals surface area (Å²) >= 11 is 6.06. The minimum Gasteiger partial charge on any atom is -0.320 e. The fourth-order valence-electron chi connectivity index (χ4n) is 1.58. The van der Waals surface area contributed by atoms with Crippen LogP contribution in [0.3, 0.4) is 0 Å². The molecule has 0 radical (unpaired) electrons. The Morgan fingerprint density at radius 1 is 1.22 bits per heavy atom. The maximum Gasteiger partial charge on any atom is 0.257 e. The predicted octanol–water partition coefficient (Wildman–Crippen LogP) is 3.60. The molecule has 1 aromatic carbocycles. The molecular weight excluding hydrogens is 248 g/mol. The number of anilines is 1. The zero-order valence-electron chi connectivity index (χ0n) is 10.2. The molecular formula is C14H13ClN2O. The second-order valence-corrected chi connectivity index (χ2v) is 4.48. The zero-order valence-corrected chi connectivity index (χ0v) is 11.0. The number of pyridine rings is 1. The van der Waals surface area contributed by atoms with Crippen LogP contribution in [0, 0.1) is 13.8 Å². The maximum absolute atomic E-state index is 12.0. The molecule has 2 rings (SSSR count). The van der Waals surface area contributed by atoms with Gasteiger partial charge in [0.25, 0.3) is 5.91 Å². The molecule has 0 unspecified atom stereocenters. The van der Waals surface area contributed by atoms with Crippen molar-refractivity contribution in [1.29, 1.82) is 0 Å². The van der Waals surface area contributed by atoms with Crippen LogP contribution in [0.1, 0.15) is 21.6 Å². The van der Waals surface area contributed by atoms with Crippen LogP contribution in [0.4, 0.5) is 5.69 Å². The third-order valence-corrected chi connectivity index (χ3v) is 2.95. The van der Waals surface area contributed by atoms with E-state index in [0.717, 1.165) is 11.3 Å². The highest BCUT2D eigenvalue weighted by atomic mass is 35.5. The summed E-state index contributed by atoms with van der Waals surface area (Å²) in [5.41, 5.74) is 2.96. The molecule has 0 aliphatic heterocycles. The molecule has 18 heavy (non-hydrogen) atoms. The van der Waals surface area contributed by atoms with Crippen LogP contribution in [0.25, 0.3) is 0 Å². The molecule has 0 bridgehead atoms. The van der Waals surface area contributed by atoms with Crippen molar-refractivity contribution < 1.29 is 4.79 Å². The van der Waals surface area contributed by atoms with Gasteiger partial charge in [0.15, 0.2) is 0 Å². The van der Waals surface area contributed by atoms with Gasteiger partial charge in [-0.25, -0.2) is 0 Å². The molecule has 2 aromatic rings. The smallest absolute Gasteiger partial charge is 0.257 e. The van der Waals surface area contributed by atoms with Gasteiger partial charge in [-0.05, 0) is 37.6 Å². The van der Waals surface area contributed by atoms with Crippen molar-refractivity contribution in [3.63, 3.8) is 0 Å². The predicted molar refractivity (Wildman–Crippen MR) is 73.1 cm³/mol. The van der Waals surface area contributed by atoms with Crippen molar-refractivity contribution in [2.24, 2.45) is 0 Å². The SMILES string of the molecule is Cc1ccc(C(=O)Nc2c(C)cccc2Cl)cn1. The average Bonchev–Trinajstić information content (AvgIpc) is 2.34. The summed E-state index contributed by atoms with van der Waals surface area (Å²) < 4.78 is 0. The van der Waals surface area contributed by atoms with Gasteiger partial charge in [-0.3, -0.25) is 9.78 Å². The molecule has 1 aromatic heterocycles. The van der Waals surface area contributed by atoms with Gasteiger partial charge < -0.3 is 5.32 Å². The van der Waals surface area contributed by atoms with Crippen molar-refractivity contribution in [3.05, 3.63) is 58.4 Å². The van der Waals surface area contributed by atoms with E-state index in [1.54, 1.807) is 24.4 Å². The number of hydrogen-bond acceptors (Lipinski definition) is 2. The molecule has 4 heteroatoms. The minimum atomic E-state index is -0.210. The molecule has 3 nitrogen and oxygen atoms in total. The number of hydrogen-bond donors (Lipinski definition) is 1. The Morgan fingerprint density at radius 2 is 2.00 bits per heavy atom. The topological polar surface area (TPSA) is 42.0 Å². The number of amides is 1. The lowest BCUT2D eigenvalue weighted by molar-refractivity contribution is 0.102. The van der Waals surface area contributed by atoms with E-state index in [1.807, 2.05) is 26.0 Å². The molecule has 0 fully saturated rings. The van der Waals surface area contributed by atoms with Crippen LogP contribution < -0.4 is 5.32 Å². The molecule has 1 heterocycles. The van der Waals surface area contributed by atoms with E-state index < -0.39 is 0 Å². The molecule has 0 atom stereocenters. The second-order valence-electron chi connectivity index (χ2n) is 4.07. The number of aromatic nitrogens is 1. The van der Waals surface area contributed by atoms with Crippen LogP contribution in [0.15, 0.2) is 36.5 Å². The number of carbonyl (C=O) groups excluding carboxylic acids is 1. The standard InChI is InChI=1S/C14H13ClN2O/c1-9-4-3-5-12(15)13(9)17-14(18)11-7-6-10(2)16-8-11/h3-8H,1-2H3,(H,17,18). The van der Waals surface area contributed by atoms with Crippen LogP contribution in [-0.4, -0.2) is 10.9 Å². The Bertz CT molecular complexity index is 559. The van der Waals surface area contributed by atoms with E-state index in [4.69, 9.17) is 11.6 Å². The van der Waals surface area contributed by atoms with E-state index in [0.29, 0.717) is 16.3 Å². The Kier molecular flexibility index (Phi) is 3.63. The van der Waals surface area contributed by atoms with E-state index >= 15 is 0 Å². The number of nitrogens with one attached hydrogen (secondary N) is 1. The highest BCUT2D eigenvalue weighted by molar-refractivity contribution is 6.34. The number of aryl methyl sites for hydroxylation is 2. The first kappa shape index (κ1) is 12.6. The summed E-state index contributed by atoms with van der Waals surface area (Å²) in [6.45, 7) is 3.77. The lowest BCUT2D eigenvalue weighted by Crippen LogP contribution is -2.13. The van der Waals surface area contributed by atoms with Crippen LogP contribution >= 0.6 is 11.6 Å². The molecule has 0 saturated heterocycles. The fraction of sp³-hybridized carbons (Fsp3) is 0.143. The van der Waals surface area contributed by atoms with E-state index in [-0.39, 0.29) is 5.91 Å². The van der Waals surface area contributed by atoms with Gasteiger partial charge in [-0.1, -0.05) is 23.7 Å². The maximum atomic E-state index is 12.0. The van der Waals surface area contributed by atoms with Crippen LogP contribution in [0.2, 0.25) is 5.02 Å². The summed E-state index contributed by atoms with van der Waals surface area (Å²) in [6.07, 6.45) is 1.55. The van der Waals surface area contributed by atoms with Gasteiger partial charge in [-0.2, -0.15) is 0 Å². The molecule has 0 aliphatic rings. The summed E-state index contributed by atoms with van der Waals surface area (Å²) in [6, 6.07) is 9.03. The van der Waals surface area contributed by atoms with Gasteiger partial charge in [0.1, 0.15) is 0 Å². The highest BCUT2D eigenvalue weighted by Crippen LogP contribution is 2.25. The number of rotatable bonds is 2. The first-order valence-corrected chi connectivity index (χ1v) is 5.95. The summed E-state index contributed by atoms with van der Waals surface area (Å²) in [7, 11) is 0. The normalized spacial score (nSPS) is 10.2. The Balaban J connectivity index is 2.24. The monoisotopic (exact) mass is 260 g/mol. The van der Waals surface area contributed by atoms with E-state index in [9.17, 15) is 4.79 Å². The molecule has 92 valence electrons. The Labute approximate surface area is 111 Å². The van der Waals surface area contributed by atoms with Crippen molar-refractivity contribution >= 4 is 23.2 Å². The lowest BCUT2D eigenvalue weighted by atomic mass is 10.2. The third kappa shape index (κ3) is 2.68. The van der Waals surface area contributed by atoms with Gasteiger partial charge in [0, 0.05) is 11.9 Å². The van der Waals surface area contributed by atoms with Crippen LogP contribution in [0.5, 0.6) is 0 Å². The van der Waals surface area contributed by atoms with Gasteiger partial charge in [-0.15, -0.1) is 0 Å². The number of nitrogens with zero attached hydrogens (tertiary/aromatic N) is 1. The third-order valence-electron chi connectivity index (χ3n) is 2.63. The Hall–Kier alpha value is -1.87. The number of halogens is 1. The zero-order chi connectivity index (χ0) is 13.1. The second kappa shape index (κ2) is 5.19. The summed E-state index contributed by atoms with van der Waals surface area (Å²) in [5, 5.41) is 3.33. The van der Waals surface area contributed by atoms with Crippen molar-refractivity contribution in [1.82, 2.24) is 4.98 Å². The van der Waals surface area contributed by atoms with E-state index in [2.05, 4.69) is 10.3 Å². The molecule has 1 N–H and O–H groups in total. The number of para-hydroxylation sites is 1. The lowest BCUT2D eigenvalue weighted by Gasteiger charge is -2.10. The van der Waals surface area contributed by atoms with Crippen molar-refractivity contribution in [2.45, 2.75) is 13.8 Å². The number of benzene rings is 1. The van der Waals surface area contributed by atoms with Gasteiger partial charge in [0.2, 0.25) is 0 Å². The summed E-state index contributed by atoms with van der Waals surface area (Å²) in [4.78, 5) is 16.1. The van der Waals surface area contributed by atoms with Crippen LogP contribution in [-0.2, 0) is 0 Å². The largest absolute Gasteiger partial charge is 0.320 e. The highest BCUT2D eigenvalue weighted by Gasteiger charge is 2.10. The minimum absolute atomic E-state index is 0.210. The van der Waals surface area contributed by atoms with Crippen molar-refractivity contribution in [2.75, 3.05) is 5.32 Å². The van der Waals surface area contributed by atoms with Gasteiger partial charge >= 0.3 is 0 Å². The molecule has 0 saturated carbocycles. The summed E-state index contributed by atoms with van der Waals surface area (Å²) in [5.74, 6) is -0.210. The Morgan fingerprint density at radius 3 is 2.61 bits per heavy atom. The molecule has 0 aliphatic carbocycles. The quantitative estimate of drug-likeness (QED) is 0.896. The first-order chi connectivity index (χ1) is 8.58. The molecule has 1 amide bonds. The fourth-order valence-corrected chi connectivity index (χ4v) is 1.85. The first-order valence-electron chi connectivity index (χ1n) is 5.57.